The Morgan fingerprint density at radius 1 is 0.912 bits per heavy atom. The highest BCUT2D eigenvalue weighted by molar-refractivity contribution is 7.99. The molecule has 0 saturated heterocycles. The summed E-state index contributed by atoms with van der Waals surface area (Å²) in [6.45, 7) is 5.10. The number of fused-ring (bicyclic) bond motifs is 3. The number of rotatable bonds is 12. The number of hydrogen-bond donors (Lipinski definition) is 1. The molecule has 1 aromatic heterocycles. The van der Waals surface area contributed by atoms with Crippen LogP contribution in [0, 0.1) is 0 Å². The van der Waals surface area contributed by atoms with Crippen molar-refractivity contribution in [1.29, 1.82) is 0 Å². The molecule has 1 aliphatic rings. The molecule has 2 aromatic carbocycles. The van der Waals surface area contributed by atoms with Gasteiger partial charge in [-0.2, -0.15) is 4.98 Å². The maximum absolute atomic E-state index is 6.46. The molecule has 0 radical (unpaired) electrons. The minimum Gasteiger partial charge on any atom is -0.493 e. The topological polar surface area (TPSA) is 69.2 Å². The third-order valence-electron chi connectivity index (χ3n) is 5.77. The molecule has 3 aromatic rings. The number of aromatic nitrogens is 3. The smallest absolute Gasteiger partial charge is 0.247 e. The number of nitrogens with zero attached hydrogens (tertiary/aromatic N) is 3. The Morgan fingerprint density at radius 2 is 1.71 bits per heavy atom. The van der Waals surface area contributed by atoms with Crippen molar-refractivity contribution in [1.82, 2.24) is 15.2 Å². The number of unbranched alkanes of at least 4 members (excludes halogenated alkanes) is 5. The Kier molecular flexibility index (Phi) is 9.02. The standard InChI is InChI=1S/C27H34N4O2S/c1-3-5-7-13-19-34-27-29-26-24(30-31-27)20-14-8-10-16-22(20)28-25(33-26)21-15-9-11-17-23(21)32-18-12-6-4-2/h8-11,14-17,25,28H,3-7,12-13,18-19H2,1-2H3/t25-/m0/s1. The summed E-state index contributed by atoms with van der Waals surface area (Å²) in [5, 5.41) is 13.1. The Bertz CT molecular complexity index is 1060. The van der Waals surface area contributed by atoms with Gasteiger partial charge in [-0.25, -0.2) is 0 Å². The second kappa shape index (κ2) is 12.6. The fourth-order valence-electron chi connectivity index (χ4n) is 3.90. The number of anilines is 1. The number of benzene rings is 2. The number of hydrogen-bond acceptors (Lipinski definition) is 7. The van der Waals surface area contributed by atoms with E-state index in [0.717, 1.165) is 54.0 Å². The van der Waals surface area contributed by atoms with Gasteiger partial charge in [-0.3, -0.25) is 0 Å². The van der Waals surface area contributed by atoms with Gasteiger partial charge in [0.1, 0.15) is 5.75 Å². The van der Waals surface area contributed by atoms with Gasteiger partial charge in [-0.1, -0.05) is 88.0 Å². The average molecular weight is 479 g/mol. The average Bonchev–Trinajstić information content (AvgIpc) is 3.03. The minimum absolute atomic E-state index is 0.455. The van der Waals surface area contributed by atoms with Gasteiger partial charge in [-0.05, 0) is 31.0 Å². The van der Waals surface area contributed by atoms with E-state index in [0.29, 0.717) is 23.3 Å². The zero-order chi connectivity index (χ0) is 23.6. The van der Waals surface area contributed by atoms with E-state index in [4.69, 9.17) is 14.5 Å². The van der Waals surface area contributed by atoms with Crippen LogP contribution in [0.25, 0.3) is 11.3 Å². The van der Waals surface area contributed by atoms with Crippen molar-refractivity contribution in [3.8, 4) is 22.9 Å². The van der Waals surface area contributed by atoms with Gasteiger partial charge in [0.25, 0.3) is 0 Å². The lowest BCUT2D eigenvalue weighted by Crippen LogP contribution is -2.18. The van der Waals surface area contributed by atoms with Crippen molar-refractivity contribution in [3.05, 3.63) is 54.1 Å². The summed E-state index contributed by atoms with van der Waals surface area (Å²) in [4.78, 5) is 4.77. The van der Waals surface area contributed by atoms with Crippen LogP contribution < -0.4 is 14.8 Å². The van der Waals surface area contributed by atoms with Crippen molar-refractivity contribution < 1.29 is 9.47 Å². The van der Waals surface area contributed by atoms with Crippen molar-refractivity contribution >= 4 is 17.4 Å². The number of thioether (sulfide) groups is 1. The highest BCUT2D eigenvalue weighted by Gasteiger charge is 2.27. The van der Waals surface area contributed by atoms with Gasteiger partial charge in [0.15, 0.2) is 5.69 Å². The zero-order valence-corrected chi connectivity index (χ0v) is 20.9. The Hall–Kier alpha value is -2.80. The summed E-state index contributed by atoms with van der Waals surface area (Å²) >= 11 is 1.64. The third-order valence-corrected chi connectivity index (χ3v) is 6.69. The molecule has 34 heavy (non-hydrogen) atoms. The van der Waals surface area contributed by atoms with Crippen LogP contribution in [0.4, 0.5) is 5.69 Å². The quantitative estimate of drug-likeness (QED) is 0.217. The summed E-state index contributed by atoms with van der Waals surface area (Å²) in [7, 11) is 0. The van der Waals surface area contributed by atoms with Crippen LogP contribution in [0.2, 0.25) is 0 Å². The van der Waals surface area contributed by atoms with Crippen LogP contribution in [0.1, 0.15) is 70.6 Å². The molecular weight excluding hydrogens is 444 g/mol. The Morgan fingerprint density at radius 3 is 2.59 bits per heavy atom. The predicted molar refractivity (Wildman–Crippen MR) is 139 cm³/mol. The van der Waals surface area contributed by atoms with E-state index in [2.05, 4.69) is 29.4 Å². The van der Waals surface area contributed by atoms with E-state index in [1.807, 2.05) is 48.5 Å². The van der Waals surface area contributed by atoms with E-state index in [-0.39, 0.29) is 0 Å². The maximum atomic E-state index is 6.46. The molecule has 2 heterocycles. The molecule has 0 saturated carbocycles. The van der Waals surface area contributed by atoms with Gasteiger partial charge < -0.3 is 14.8 Å². The van der Waals surface area contributed by atoms with Crippen molar-refractivity contribution in [2.45, 2.75) is 70.2 Å². The van der Waals surface area contributed by atoms with Crippen LogP contribution in [-0.4, -0.2) is 27.5 Å². The Balaban J connectivity index is 1.59. The molecule has 0 bridgehead atoms. The summed E-state index contributed by atoms with van der Waals surface area (Å²) in [6.07, 6.45) is 7.77. The second-order valence-electron chi connectivity index (χ2n) is 8.44. The fraction of sp³-hybridized carbons (Fsp3) is 0.444. The number of ether oxygens (including phenoxy) is 2. The van der Waals surface area contributed by atoms with Crippen LogP contribution in [0.15, 0.2) is 53.7 Å². The van der Waals surface area contributed by atoms with Gasteiger partial charge in [0.2, 0.25) is 17.3 Å². The van der Waals surface area contributed by atoms with E-state index in [9.17, 15) is 0 Å². The van der Waals surface area contributed by atoms with Gasteiger partial charge in [-0.15, -0.1) is 10.2 Å². The summed E-state index contributed by atoms with van der Waals surface area (Å²) in [5.74, 6) is 2.30. The molecule has 0 spiro atoms. The summed E-state index contributed by atoms with van der Waals surface area (Å²) in [6, 6.07) is 16.1. The molecule has 0 unspecified atom stereocenters. The first-order chi connectivity index (χ1) is 16.8. The van der Waals surface area contributed by atoms with E-state index < -0.39 is 6.23 Å². The lowest BCUT2D eigenvalue weighted by Gasteiger charge is -2.22. The van der Waals surface area contributed by atoms with Crippen LogP contribution >= 0.6 is 11.8 Å². The molecule has 180 valence electrons. The molecule has 1 atom stereocenters. The lowest BCUT2D eigenvalue weighted by molar-refractivity contribution is 0.215. The first kappa shape index (κ1) is 24.3. The molecule has 0 amide bonds. The van der Waals surface area contributed by atoms with Crippen molar-refractivity contribution in [2.24, 2.45) is 0 Å². The molecule has 1 aliphatic heterocycles. The van der Waals surface area contributed by atoms with Gasteiger partial charge in [0, 0.05) is 17.0 Å². The SMILES string of the molecule is CCCCCCSc1nnc2c(n1)O[C@@H](c1ccccc1OCCCCC)Nc1ccccc1-2. The monoisotopic (exact) mass is 478 g/mol. The van der Waals surface area contributed by atoms with Gasteiger partial charge in [0.05, 0.1) is 12.2 Å². The highest BCUT2D eigenvalue weighted by atomic mass is 32.2. The van der Waals surface area contributed by atoms with Crippen molar-refractivity contribution in [2.75, 3.05) is 17.7 Å². The largest absolute Gasteiger partial charge is 0.493 e. The van der Waals surface area contributed by atoms with Crippen molar-refractivity contribution in [3.63, 3.8) is 0 Å². The third kappa shape index (κ3) is 6.20. The number of para-hydroxylation sites is 2. The molecule has 4 rings (SSSR count). The minimum atomic E-state index is -0.455. The fourth-order valence-corrected chi connectivity index (χ4v) is 4.68. The van der Waals surface area contributed by atoms with E-state index in [1.165, 1.54) is 19.3 Å². The maximum Gasteiger partial charge on any atom is 0.247 e. The molecule has 0 aliphatic carbocycles. The summed E-state index contributed by atoms with van der Waals surface area (Å²) < 4.78 is 12.6. The van der Waals surface area contributed by atoms with Crippen LogP contribution in [-0.2, 0) is 0 Å². The Labute approximate surface area is 206 Å². The van der Waals surface area contributed by atoms with Crippen LogP contribution in [0.5, 0.6) is 11.6 Å². The molecule has 6 nitrogen and oxygen atoms in total. The highest BCUT2D eigenvalue weighted by Crippen LogP contribution is 2.41. The van der Waals surface area contributed by atoms with E-state index >= 15 is 0 Å². The predicted octanol–water partition coefficient (Wildman–Crippen LogP) is 7.28. The molecule has 0 fully saturated rings. The van der Waals surface area contributed by atoms with Crippen LogP contribution in [0.3, 0.4) is 0 Å². The normalized spacial score (nSPS) is 14.4. The molecule has 1 N–H and O–H groups in total. The zero-order valence-electron chi connectivity index (χ0n) is 20.1. The lowest BCUT2D eigenvalue weighted by atomic mass is 10.1. The van der Waals surface area contributed by atoms with E-state index in [1.54, 1.807) is 11.8 Å². The molecular formula is C27H34N4O2S. The number of nitrogens with one attached hydrogen (secondary N) is 1. The summed E-state index contributed by atoms with van der Waals surface area (Å²) in [5.41, 5.74) is 3.46. The first-order valence-corrected chi connectivity index (χ1v) is 13.4. The first-order valence-electron chi connectivity index (χ1n) is 12.4. The molecule has 7 heteroatoms. The second-order valence-corrected chi connectivity index (χ2v) is 9.50. The van der Waals surface area contributed by atoms with Gasteiger partial charge >= 0.3 is 0 Å².